The number of fused-ring (bicyclic) bond motifs is 1. The third kappa shape index (κ3) is 4.77. The van der Waals surface area contributed by atoms with Gasteiger partial charge in [0.2, 0.25) is 11.8 Å². The largest absolute Gasteiger partial charge is 1.00 e. The first-order valence-electron chi connectivity index (χ1n) is 9.99. The molecule has 4 rings (SSSR count). The molecule has 4 heterocycles. The Morgan fingerprint density at radius 2 is 2.10 bits per heavy atom. The first-order valence-corrected chi connectivity index (χ1v) is 11.7. The van der Waals surface area contributed by atoms with Gasteiger partial charge in [0.25, 0.3) is 0 Å². The van der Waals surface area contributed by atoms with Crippen molar-refractivity contribution >= 4 is 46.0 Å². The molecule has 0 aliphatic carbocycles. The fourth-order valence-electron chi connectivity index (χ4n) is 4.52. The minimum absolute atomic E-state index is 0. The van der Waals surface area contributed by atoms with Crippen LogP contribution in [0.25, 0.3) is 0 Å². The molecule has 0 radical (unpaired) electrons. The molecule has 3 aliphatic rings. The van der Waals surface area contributed by atoms with E-state index in [1.165, 1.54) is 28.0 Å². The second-order valence-corrected chi connectivity index (χ2v) is 11.2. The van der Waals surface area contributed by atoms with Crippen molar-refractivity contribution in [3.8, 4) is 0 Å². The van der Waals surface area contributed by atoms with Gasteiger partial charge in [0.1, 0.15) is 11.4 Å². The number of nitrogens with two attached hydrogens (primary N) is 1. The van der Waals surface area contributed by atoms with E-state index < -0.39 is 34.1 Å². The van der Waals surface area contributed by atoms with Gasteiger partial charge in [0.15, 0.2) is 5.13 Å². The maximum Gasteiger partial charge on any atom is 1.00 e. The SMILES string of the molecule is CC1(C)S[C@@H]2[C@H](NC(=O)C(CC3CCOCC3)c3csc(N)n3)C(=O)N2[C@H]1C(=O)[O-].[Na+]. The van der Waals surface area contributed by atoms with Crippen molar-refractivity contribution in [3.63, 3.8) is 0 Å². The molecule has 2 amide bonds. The summed E-state index contributed by atoms with van der Waals surface area (Å²) in [6.07, 6.45) is 2.35. The summed E-state index contributed by atoms with van der Waals surface area (Å²) in [6, 6.07) is -1.76. The maximum absolute atomic E-state index is 13.2. The van der Waals surface area contributed by atoms with E-state index in [0.29, 0.717) is 36.4 Å². The summed E-state index contributed by atoms with van der Waals surface area (Å²) in [4.78, 5) is 43.1. The zero-order valence-corrected chi connectivity index (χ0v) is 21.5. The summed E-state index contributed by atoms with van der Waals surface area (Å²) in [6.45, 7) is 4.89. The average molecular weight is 477 g/mol. The van der Waals surface area contributed by atoms with Crippen molar-refractivity contribution < 1.29 is 53.8 Å². The van der Waals surface area contributed by atoms with Gasteiger partial charge in [-0.1, -0.05) is 0 Å². The summed E-state index contributed by atoms with van der Waals surface area (Å²) < 4.78 is 4.72. The number of hydrogen-bond acceptors (Lipinski definition) is 9. The van der Waals surface area contributed by atoms with Crippen LogP contribution in [0.15, 0.2) is 5.38 Å². The van der Waals surface area contributed by atoms with Crippen LogP contribution >= 0.6 is 23.1 Å². The van der Waals surface area contributed by atoms with E-state index in [1.54, 1.807) is 19.2 Å². The number of amides is 2. The zero-order chi connectivity index (χ0) is 21.6. The van der Waals surface area contributed by atoms with Crippen molar-refractivity contribution in [2.75, 3.05) is 18.9 Å². The first-order chi connectivity index (χ1) is 14.2. The van der Waals surface area contributed by atoms with E-state index in [0.717, 1.165) is 12.8 Å². The van der Waals surface area contributed by atoms with Crippen LogP contribution in [-0.2, 0) is 19.1 Å². The molecule has 0 aromatic carbocycles. The summed E-state index contributed by atoms with van der Waals surface area (Å²) in [5.74, 6) is -2.13. The number of nitrogen functional groups attached to an aromatic ring is 1. The number of carboxylic acids is 1. The van der Waals surface area contributed by atoms with Gasteiger partial charge in [-0.25, -0.2) is 4.98 Å². The normalized spacial score (nSPS) is 28.3. The first kappa shape index (κ1) is 24.8. The fourth-order valence-corrected chi connectivity index (χ4v) is 6.76. The number of nitrogens with zero attached hydrogens (tertiary/aromatic N) is 2. The number of rotatable bonds is 6. The molecule has 12 heteroatoms. The van der Waals surface area contributed by atoms with Crippen LogP contribution in [0.2, 0.25) is 0 Å². The monoisotopic (exact) mass is 476 g/mol. The maximum atomic E-state index is 13.2. The Kier molecular flexibility index (Phi) is 7.65. The van der Waals surface area contributed by atoms with E-state index in [9.17, 15) is 19.5 Å². The summed E-state index contributed by atoms with van der Waals surface area (Å²) >= 11 is 2.66. The molecular formula is C19H25N4NaO5S2. The minimum Gasteiger partial charge on any atom is -0.548 e. The number of nitrogens with one attached hydrogen (secondary N) is 1. The van der Waals surface area contributed by atoms with Gasteiger partial charge >= 0.3 is 29.6 Å². The van der Waals surface area contributed by atoms with Crippen molar-refractivity contribution in [1.82, 2.24) is 15.2 Å². The quantitative estimate of drug-likeness (QED) is 0.326. The number of thiazole rings is 1. The molecule has 4 atom stereocenters. The van der Waals surface area contributed by atoms with Crippen LogP contribution in [-0.4, -0.2) is 63.1 Å². The molecule has 0 spiro atoms. The Morgan fingerprint density at radius 1 is 1.42 bits per heavy atom. The molecule has 3 saturated heterocycles. The van der Waals surface area contributed by atoms with E-state index in [2.05, 4.69) is 10.3 Å². The summed E-state index contributed by atoms with van der Waals surface area (Å²) in [5.41, 5.74) is 6.39. The van der Waals surface area contributed by atoms with Crippen LogP contribution in [0.5, 0.6) is 0 Å². The summed E-state index contributed by atoms with van der Waals surface area (Å²) in [5, 5.41) is 16.2. The molecular weight excluding hydrogens is 451 g/mol. The second kappa shape index (κ2) is 9.56. The fraction of sp³-hybridized carbons (Fsp3) is 0.684. The smallest absolute Gasteiger partial charge is 0.548 e. The van der Waals surface area contributed by atoms with E-state index in [-0.39, 0.29) is 41.4 Å². The Hall–Kier alpha value is -0.850. The standard InChI is InChI=1S/C19H26N4O5S2.Na/c1-19(2)13(17(26)27)23-15(25)12(16(23)30-19)22-14(24)10(11-8-29-18(20)21-11)7-9-3-5-28-6-4-9;/h8-10,12-13,16H,3-7H2,1-2H3,(H2,20,21)(H,22,24)(H,26,27);/q;+1/p-1/t10?,12-,13+,16-;/m1./s1. The average Bonchev–Trinajstić information content (AvgIpc) is 3.23. The molecule has 3 N–H and O–H groups in total. The summed E-state index contributed by atoms with van der Waals surface area (Å²) in [7, 11) is 0. The number of anilines is 1. The Labute approximate surface area is 211 Å². The third-order valence-corrected chi connectivity index (χ3v) is 8.35. The van der Waals surface area contributed by atoms with Gasteiger partial charge in [-0.05, 0) is 39.0 Å². The number of aromatic nitrogens is 1. The minimum atomic E-state index is -1.27. The number of carboxylic acid groups (broad SMARTS) is 1. The number of hydrogen-bond donors (Lipinski definition) is 2. The molecule has 0 bridgehead atoms. The molecule has 3 aliphatic heterocycles. The predicted octanol–water partition coefficient (Wildman–Crippen LogP) is -3.07. The van der Waals surface area contributed by atoms with Crippen LogP contribution in [0.1, 0.15) is 44.7 Å². The Morgan fingerprint density at radius 3 is 2.68 bits per heavy atom. The molecule has 31 heavy (non-hydrogen) atoms. The Bertz CT molecular complexity index is 860. The van der Waals surface area contributed by atoms with Gasteiger partial charge in [-0.15, -0.1) is 23.1 Å². The number of carbonyl (C=O) groups excluding carboxylic acids is 3. The van der Waals surface area contributed by atoms with E-state index in [4.69, 9.17) is 10.5 Å². The predicted molar refractivity (Wildman–Crippen MR) is 110 cm³/mol. The molecule has 3 fully saturated rings. The molecule has 1 aromatic heterocycles. The number of carbonyl (C=O) groups is 3. The second-order valence-electron chi connectivity index (χ2n) is 8.52. The van der Waals surface area contributed by atoms with Gasteiger partial charge in [-0.3, -0.25) is 9.59 Å². The third-order valence-electron chi connectivity index (χ3n) is 6.09. The van der Waals surface area contributed by atoms with Crippen LogP contribution in [0, 0.1) is 5.92 Å². The van der Waals surface area contributed by atoms with Crippen LogP contribution < -0.4 is 45.7 Å². The van der Waals surface area contributed by atoms with Gasteiger partial charge in [-0.2, -0.15) is 0 Å². The van der Waals surface area contributed by atoms with Gasteiger partial charge in [0, 0.05) is 23.3 Å². The molecule has 1 aromatic rings. The van der Waals surface area contributed by atoms with Crippen molar-refractivity contribution in [3.05, 3.63) is 11.1 Å². The van der Waals surface area contributed by atoms with Crippen molar-refractivity contribution in [2.24, 2.45) is 5.92 Å². The number of aliphatic carboxylic acids is 1. The molecule has 9 nitrogen and oxygen atoms in total. The van der Waals surface area contributed by atoms with E-state index in [1.807, 2.05) is 0 Å². The molecule has 0 saturated carbocycles. The number of ether oxygens (including phenoxy) is 1. The van der Waals surface area contributed by atoms with Crippen molar-refractivity contribution in [1.29, 1.82) is 0 Å². The number of β-lactam (4-membered cyclic amide) rings is 1. The molecule has 164 valence electrons. The van der Waals surface area contributed by atoms with Gasteiger partial charge < -0.3 is 30.6 Å². The number of thioether (sulfide) groups is 1. The molecule has 1 unspecified atom stereocenters. The topological polar surface area (TPSA) is 138 Å². The zero-order valence-electron chi connectivity index (χ0n) is 17.8. The van der Waals surface area contributed by atoms with Crippen LogP contribution in [0.3, 0.4) is 0 Å². The Balaban J connectivity index is 0.00000272. The van der Waals surface area contributed by atoms with Crippen molar-refractivity contribution in [2.45, 2.75) is 61.2 Å². The van der Waals surface area contributed by atoms with Gasteiger partial charge in [0.05, 0.1) is 23.6 Å². The van der Waals surface area contributed by atoms with E-state index >= 15 is 0 Å². The van der Waals surface area contributed by atoms with Crippen LogP contribution in [0.4, 0.5) is 5.13 Å².